The molecular weight excluding hydrogens is 346 g/mol. The first kappa shape index (κ1) is 14.5. The van der Waals surface area contributed by atoms with Crippen molar-refractivity contribution in [1.29, 1.82) is 0 Å². The van der Waals surface area contributed by atoms with Crippen LogP contribution in [0.25, 0.3) is 0 Å². The summed E-state index contributed by atoms with van der Waals surface area (Å²) in [4.78, 5) is 10.6. The van der Waals surface area contributed by atoms with Gasteiger partial charge in [0.15, 0.2) is 0 Å². The van der Waals surface area contributed by atoms with Crippen LogP contribution < -0.4 is 9.83 Å². The molecule has 104 valence electrons. The maximum absolute atomic E-state index is 12.1. The Morgan fingerprint density at radius 1 is 1.10 bits per heavy atom. The molecule has 7 heteroatoms. The van der Waals surface area contributed by atoms with Gasteiger partial charge in [0.2, 0.25) is 0 Å². The van der Waals surface area contributed by atoms with Gasteiger partial charge in [-0.15, -0.1) is 0 Å². The Kier molecular flexibility index (Phi) is 4.10. The molecular formula is C13H9BrNO4S-. The number of aromatic carboxylic acids is 1. The van der Waals surface area contributed by atoms with Crippen molar-refractivity contribution in [2.24, 2.45) is 0 Å². The highest BCUT2D eigenvalue weighted by Crippen LogP contribution is 2.20. The zero-order valence-corrected chi connectivity index (χ0v) is 12.4. The van der Waals surface area contributed by atoms with Gasteiger partial charge in [-0.05, 0) is 35.9 Å². The second-order valence-electron chi connectivity index (χ2n) is 3.93. The summed E-state index contributed by atoms with van der Waals surface area (Å²) >= 11 is 3.24. The SMILES string of the molecule is O=C([O-])c1cccc(S(=O)(=O)Nc2cccc(Br)c2)c1. The number of anilines is 1. The number of carboxylic acids is 1. The van der Waals surface area contributed by atoms with Crippen LogP contribution >= 0.6 is 15.9 Å². The minimum atomic E-state index is -3.85. The van der Waals surface area contributed by atoms with Crippen LogP contribution in [0.1, 0.15) is 10.4 Å². The van der Waals surface area contributed by atoms with E-state index >= 15 is 0 Å². The van der Waals surface area contributed by atoms with Gasteiger partial charge in [-0.25, -0.2) is 8.42 Å². The van der Waals surface area contributed by atoms with Gasteiger partial charge in [-0.3, -0.25) is 4.72 Å². The van der Waals surface area contributed by atoms with Crippen LogP contribution in [0.3, 0.4) is 0 Å². The quantitative estimate of drug-likeness (QED) is 0.903. The summed E-state index contributed by atoms with van der Waals surface area (Å²) in [5.41, 5.74) is 0.181. The summed E-state index contributed by atoms with van der Waals surface area (Å²) in [5, 5.41) is 10.8. The third kappa shape index (κ3) is 3.37. The molecule has 5 nitrogen and oxygen atoms in total. The second kappa shape index (κ2) is 5.64. The fourth-order valence-corrected chi connectivity index (χ4v) is 3.05. The molecule has 0 aliphatic rings. The summed E-state index contributed by atoms with van der Waals surface area (Å²) in [5.74, 6) is -1.43. The largest absolute Gasteiger partial charge is 0.545 e. The van der Waals surface area contributed by atoms with E-state index in [2.05, 4.69) is 20.7 Å². The van der Waals surface area contributed by atoms with Gasteiger partial charge in [0.25, 0.3) is 10.0 Å². The molecule has 2 rings (SSSR count). The molecule has 0 radical (unpaired) electrons. The lowest BCUT2D eigenvalue weighted by Gasteiger charge is -2.10. The number of hydrogen-bond donors (Lipinski definition) is 1. The number of halogens is 1. The monoisotopic (exact) mass is 354 g/mol. The number of hydrogen-bond acceptors (Lipinski definition) is 4. The number of benzene rings is 2. The van der Waals surface area contributed by atoms with Gasteiger partial charge in [0.05, 0.1) is 10.9 Å². The highest BCUT2D eigenvalue weighted by molar-refractivity contribution is 9.10. The molecule has 2 aromatic rings. The predicted octanol–water partition coefficient (Wildman–Crippen LogP) is 1.61. The highest BCUT2D eigenvalue weighted by Gasteiger charge is 2.14. The number of carbonyl (C=O) groups is 1. The number of sulfonamides is 1. The fourth-order valence-electron chi connectivity index (χ4n) is 1.56. The number of carboxylic acid groups (broad SMARTS) is 1. The third-order valence-corrected chi connectivity index (χ3v) is 4.33. The van der Waals surface area contributed by atoms with E-state index in [9.17, 15) is 18.3 Å². The van der Waals surface area contributed by atoms with E-state index in [1.54, 1.807) is 24.3 Å². The van der Waals surface area contributed by atoms with Crippen molar-refractivity contribution < 1.29 is 18.3 Å². The Hall–Kier alpha value is -1.86. The molecule has 2 aromatic carbocycles. The van der Waals surface area contributed by atoms with Crippen LogP contribution in [0, 0.1) is 0 Å². The van der Waals surface area contributed by atoms with Crippen LogP contribution in [-0.2, 0) is 10.0 Å². The van der Waals surface area contributed by atoms with E-state index in [1.165, 1.54) is 18.2 Å². The molecule has 0 saturated heterocycles. The molecule has 0 spiro atoms. The smallest absolute Gasteiger partial charge is 0.261 e. The lowest BCUT2D eigenvalue weighted by atomic mass is 10.2. The van der Waals surface area contributed by atoms with Crippen molar-refractivity contribution in [3.63, 3.8) is 0 Å². The Bertz CT molecular complexity index is 758. The van der Waals surface area contributed by atoms with E-state index < -0.39 is 16.0 Å². The standard InChI is InChI=1S/C13H10BrNO4S/c14-10-4-2-5-11(8-10)15-20(18,19)12-6-1-3-9(7-12)13(16)17/h1-8,15H,(H,16,17)/p-1. The van der Waals surface area contributed by atoms with E-state index in [1.807, 2.05) is 0 Å². The van der Waals surface area contributed by atoms with Crippen molar-refractivity contribution in [1.82, 2.24) is 0 Å². The Morgan fingerprint density at radius 3 is 2.45 bits per heavy atom. The molecule has 0 aliphatic carbocycles. The summed E-state index contributed by atoms with van der Waals surface area (Å²) in [7, 11) is -3.85. The van der Waals surface area contributed by atoms with Crippen LogP contribution in [0.2, 0.25) is 0 Å². The van der Waals surface area contributed by atoms with Crippen molar-refractivity contribution in [2.45, 2.75) is 4.90 Å². The lowest BCUT2D eigenvalue weighted by Crippen LogP contribution is -2.23. The molecule has 20 heavy (non-hydrogen) atoms. The highest BCUT2D eigenvalue weighted by atomic mass is 79.9. The fraction of sp³-hybridized carbons (Fsp3) is 0. The summed E-state index contributed by atoms with van der Waals surface area (Å²) in [6, 6.07) is 11.6. The molecule has 0 heterocycles. The molecule has 0 atom stereocenters. The Labute approximate surface area is 124 Å². The lowest BCUT2D eigenvalue weighted by molar-refractivity contribution is -0.255. The first-order valence-electron chi connectivity index (χ1n) is 5.48. The van der Waals surface area contributed by atoms with Gasteiger partial charge in [0.1, 0.15) is 0 Å². The molecule has 0 amide bonds. The van der Waals surface area contributed by atoms with Gasteiger partial charge in [0, 0.05) is 10.2 Å². The van der Waals surface area contributed by atoms with Crippen LogP contribution in [0.4, 0.5) is 5.69 Å². The van der Waals surface area contributed by atoms with E-state index in [4.69, 9.17) is 0 Å². The van der Waals surface area contributed by atoms with E-state index in [0.29, 0.717) is 5.69 Å². The third-order valence-electron chi connectivity index (χ3n) is 2.46. The van der Waals surface area contributed by atoms with Crippen molar-refractivity contribution >= 4 is 37.6 Å². The van der Waals surface area contributed by atoms with Gasteiger partial charge >= 0.3 is 0 Å². The zero-order valence-electron chi connectivity index (χ0n) is 10.0. The second-order valence-corrected chi connectivity index (χ2v) is 6.53. The Morgan fingerprint density at radius 2 is 1.80 bits per heavy atom. The molecule has 0 unspecified atom stereocenters. The average Bonchev–Trinajstić information content (AvgIpc) is 2.38. The van der Waals surface area contributed by atoms with Crippen molar-refractivity contribution in [2.75, 3.05) is 4.72 Å². The first-order chi connectivity index (χ1) is 9.38. The Balaban J connectivity index is 2.35. The molecule has 0 aromatic heterocycles. The molecule has 0 bridgehead atoms. The van der Waals surface area contributed by atoms with Crippen LogP contribution in [-0.4, -0.2) is 14.4 Å². The van der Waals surface area contributed by atoms with Gasteiger partial charge < -0.3 is 9.90 Å². The minimum Gasteiger partial charge on any atom is -0.545 e. The number of carbonyl (C=O) groups excluding carboxylic acids is 1. The zero-order chi connectivity index (χ0) is 14.8. The van der Waals surface area contributed by atoms with E-state index in [0.717, 1.165) is 10.5 Å². The van der Waals surface area contributed by atoms with Gasteiger partial charge in [-0.1, -0.05) is 34.1 Å². The van der Waals surface area contributed by atoms with E-state index in [-0.39, 0.29) is 10.5 Å². The summed E-state index contributed by atoms with van der Waals surface area (Å²) in [6.45, 7) is 0. The molecule has 0 fully saturated rings. The minimum absolute atomic E-state index is 0.140. The van der Waals surface area contributed by atoms with Crippen molar-refractivity contribution in [3.05, 3.63) is 58.6 Å². The topological polar surface area (TPSA) is 86.3 Å². The maximum atomic E-state index is 12.1. The van der Waals surface area contributed by atoms with Crippen molar-refractivity contribution in [3.8, 4) is 0 Å². The average molecular weight is 355 g/mol. The normalized spacial score (nSPS) is 11.1. The van der Waals surface area contributed by atoms with Gasteiger partial charge in [-0.2, -0.15) is 0 Å². The van der Waals surface area contributed by atoms with Crippen LogP contribution in [0.15, 0.2) is 57.9 Å². The number of rotatable bonds is 4. The predicted molar refractivity (Wildman–Crippen MR) is 75.7 cm³/mol. The molecule has 1 N–H and O–H groups in total. The summed E-state index contributed by atoms with van der Waals surface area (Å²) in [6.07, 6.45) is 0. The number of nitrogens with one attached hydrogen (secondary N) is 1. The first-order valence-corrected chi connectivity index (χ1v) is 7.76. The van der Waals surface area contributed by atoms with Crippen LogP contribution in [0.5, 0.6) is 0 Å². The maximum Gasteiger partial charge on any atom is 0.261 e. The molecule has 0 aliphatic heterocycles. The molecule has 0 saturated carbocycles. The summed E-state index contributed by atoms with van der Waals surface area (Å²) < 4.78 is 27.4.